The van der Waals surface area contributed by atoms with Crippen molar-refractivity contribution in [1.82, 2.24) is 14.5 Å². The van der Waals surface area contributed by atoms with Crippen LogP contribution in [0.25, 0.3) is 11.0 Å². The molecule has 8 heteroatoms. The molecule has 0 aliphatic carbocycles. The maximum Gasteiger partial charge on any atom is 0.264 e. The van der Waals surface area contributed by atoms with Gasteiger partial charge in [-0.1, -0.05) is 67.1 Å². The maximum atomic E-state index is 14.0. The summed E-state index contributed by atoms with van der Waals surface area (Å²) in [4.78, 5) is 7.80. The van der Waals surface area contributed by atoms with E-state index in [2.05, 4.69) is 27.7 Å². The zero-order chi connectivity index (χ0) is 30.4. The van der Waals surface area contributed by atoms with Gasteiger partial charge in [-0.15, -0.1) is 0 Å². The van der Waals surface area contributed by atoms with E-state index in [1.807, 2.05) is 66.7 Å². The third-order valence-corrected chi connectivity index (χ3v) is 10.2. The summed E-state index contributed by atoms with van der Waals surface area (Å²) in [6.07, 6.45) is 5.02. The first-order valence-corrected chi connectivity index (χ1v) is 16.8. The number of imidazole rings is 1. The average Bonchev–Trinajstić information content (AvgIpc) is 3.40. The van der Waals surface area contributed by atoms with Crippen LogP contribution in [0.2, 0.25) is 0 Å². The number of benzene rings is 4. The van der Waals surface area contributed by atoms with Crippen LogP contribution in [0.15, 0.2) is 108 Å². The van der Waals surface area contributed by atoms with E-state index in [4.69, 9.17) is 4.98 Å². The molecular weight excluding hydrogens is 566 g/mol. The lowest BCUT2D eigenvalue weighted by atomic mass is 10.1. The molecule has 0 saturated carbocycles. The molecule has 6 rings (SSSR count). The summed E-state index contributed by atoms with van der Waals surface area (Å²) in [6, 6.07) is 34.6. The second-order valence-corrected chi connectivity index (χ2v) is 13.3. The lowest BCUT2D eigenvalue weighted by Crippen LogP contribution is -2.36. The molecule has 7 nitrogen and oxygen atoms in total. The van der Waals surface area contributed by atoms with Crippen LogP contribution in [0, 0.1) is 11.3 Å². The van der Waals surface area contributed by atoms with Crippen LogP contribution >= 0.6 is 0 Å². The molecule has 0 spiro atoms. The van der Waals surface area contributed by atoms with Crippen molar-refractivity contribution in [2.45, 2.75) is 43.5 Å². The van der Waals surface area contributed by atoms with E-state index >= 15 is 0 Å². The van der Waals surface area contributed by atoms with Gasteiger partial charge in [0, 0.05) is 19.5 Å². The predicted molar refractivity (Wildman–Crippen MR) is 175 cm³/mol. The molecule has 44 heavy (non-hydrogen) atoms. The lowest BCUT2D eigenvalue weighted by molar-refractivity contribution is 0.228. The van der Waals surface area contributed by atoms with E-state index in [0.29, 0.717) is 30.8 Å². The van der Waals surface area contributed by atoms with Crippen LogP contribution in [0.4, 0.5) is 5.69 Å². The quantitative estimate of drug-likeness (QED) is 0.170. The minimum Gasteiger partial charge on any atom is -0.323 e. The van der Waals surface area contributed by atoms with Crippen molar-refractivity contribution in [1.29, 1.82) is 5.26 Å². The second kappa shape index (κ2) is 13.5. The van der Waals surface area contributed by atoms with Gasteiger partial charge >= 0.3 is 0 Å². The number of sulfonamides is 1. The Kier molecular flexibility index (Phi) is 9.06. The Morgan fingerprint density at radius 1 is 0.818 bits per heavy atom. The predicted octanol–water partition coefficient (Wildman–Crippen LogP) is 6.62. The first kappa shape index (κ1) is 29.6. The average molecular weight is 604 g/mol. The summed E-state index contributed by atoms with van der Waals surface area (Å²) in [6.45, 7) is 4.08. The summed E-state index contributed by atoms with van der Waals surface area (Å²) in [5, 5.41) is 9.23. The highest BCUT2D eigenvalue weighted by Crippen LogP contribution is 2.29. The van der Waals surface area contributed by atoms with E-state index in [1.165, 1.54) is 19.3 Å². The highest BCUT2D eigenvalue weighted by atomic mass is 32.2. The van der Waals surface area contributed by atoms with E-state index in [-0.39, 0.29) is 4.90 Å². The standard InChI is InChI=1S/C36H37N5O2S/c37-27-30-17-15-29(16-18-30)25-36-38-34-26-32(19-20-35(34)40(36)28-31-11-4-1-5-12-31)41(24-10-23-39-21-8-3-9-22-39)44(42,43)33-13-6-2-7-14-33/h1-2,4-7,11-20,26H,3,8-10,21-25,28H2. The number of nitrogens with zero attached hydrogens (tertiary/aromatic N) is 5. The van der Waals surface area contributed by atoms with Crippen LogP contribution in [0.5, 0.6) is 0 Å². The number of hydrogen-bond donors (Lipinski definition) is 0. The molecule has 1 aliphatic rings. The Balaban J connectivity index is 1.37. The Morgan fingerprint density at radius 3 is 2.23 bits per heavy atom. The zero-order valence-corrected chi connectivity index (χ0v) is 25.7. The van der Waals surface area contributed by atoms with Crippen molar-refractivity contribution < 1.29 is 8.42 Å². The molecule has 0 amide bonds. The van der Waals surface area contributed by atoms with Crippen molar-refractivity contribution >= 4 is 26.7 Å². The summed E-state index contributed by atoms with van der Waals surface area (Å²) >= 11 is 0. The topological polar surface area (TPSA) is 82.2 Å². The molecule has 1 saturated heterocycles. The minimum atomic E-state index is -3.78. The van der Waals surface area contributed by atoms with Gasteiger partial charge in [0.1, 0.15) is 5.82 Å². The molecule has 0 unspecified atom stereocenters. The van der Waals surface area contributed by atoms with Gasteiger partial charge < -0.3 is 9.47 Å². The molecule has 2 heterocycles. The summed E-state index contributed by atoms with van der Waals surface area (Å²) in [5.74, 6) is 0.883. The molecule has 0 atom stereocenters. The van der Waals surface area contributed by atoms with Gasteiger partial charge in [0.05, 0.1) is 33.2 Å². The maximum absolute atomic E-state index is 14.0. The third kappa shape index (κ3) is 6.70. The van der Waals surface area contributed by atoms with E-state index < -0.39 is 10.0 Å². The number of rotatable bonds is 11. The Labute approximate surface area is 260 Å². The Morgan fingerprint density at radius 2 is 1.52 bits per heavy atom. The van der Waals surface area contributed by atoms with Gasteiger partial charge in [-0.25, -0.2) is 13.4 Å². The van der Waals surface area contributed by atoms with Crippen LogP contribution in [-0.2, 0) is 23.0 Å². The van der Waals surface area contributed by atoms with Gasteiger partial charge in [0.2, 0.25) is 0 Å². The van der Waals surface area contributed by atoms with E-state index in [0.717, 1.165) is 54.0 Å². The number of fused-ring (bicyclic) bond motifs is 1. The van der Waals surface area contributed by atoms with Gasteiger partial charge in [-0.05, 0) is 92.5 Å². The zero-order valence-electron chi connectivity index (χ0n) is 24.8. The summed E-state index contributed by atoms with van der Waals surface area (Å²) in [7, 11) is -3.78. The van der Waals surface area contributed by atoms with Crippen LogP contribution in [0.1, 0.15) is 48.2 Å². The van der Waals surface area contributed by atoms with Gasteiger partial charge in [0.15, 0.2) is 0 Å². The fourth-order valence-corrected chi connectivity index (χ4v) is 7.53. The van der Waals surface area contributed by atoms with E-state index in [9.17, 15) is 13.7 Å². The van der Waals surface area contributed by atoms with Gasteiger partial charge in [-0.2, -0.15) is 5.26 Å². The highest BCUT2D eigenvalue weighted by molar-refractivity contribution is 7.92. The number of likely N-dealkylation sites (tertiary alicyclic amines) is 1. The summed E-state index contributed by atoms with van der Waals surface area (Å²) < 4.78 is 31.8. The van der Waals surface area contributed by atoms with Gasteiger partial charge in [0.25, 0.3) is 10.0 Å². The van der Waals surface area contributed by atoms with Crippen LogP contribution < -0.4 is 4.31 Å². The van der Waals surface area contributed by atoms with Crippen molar-refractivity contribution in [3.05, 3.63) is 126 Å². The monoisotopic (exact) mass is 603 g/mol. The normalized spacial score (nSPS) is 14.0. The number of piperidine rings is 1. The first-order chi connectivity index (χ1) is 21.5. The smallest absolute Gasteiger partial charge is 0.264 e. The SMILES string of the molecule is N#Cc1ccc(Cc2nc3cc(N(CCCN4CCCCC4)S(=O)(=O)c4ccccc4)ccc3n2Cc2ccccc2)cc1. The second-order valence-electron chi connectivity index (χ2n) is 11.4. The highest BCUT2D eigenvalue weighted by Gasteiger charge is 2.26. The number of hydrogen-bond acceptors (Lipinski definition) is 5. The fraction of sp³-hybridized carbons (Fsp3) is 0.278. The number of aromatic nitrogens is 2. The molecule has 0 N–H and O–H groups in total. The van der Waals surface area contributed by atoms with Gasteiger partial charge in [-0.3, -0.25) is 4.31 Å². The van der Waals surface area contributed by atoms with E-state index in [1.54, 1.807) is 28.6 Å². The molecule has 5 aromatic rings. The van der Waals surface area contributed by atoms with Crippen molar-refractivity contribution in [3.8, 4) is 6.07 Å². The molecule has 0 radical (unpaired) electrons. The Bertz CT molecular complexity index is 1840. The molecule has 1 aliphatic heterocycles. The number of nitriles is 1. The first-order valence-electron chi connectivity index (χ1n) is 15.3. The third-order valence-electron chi connectivity index (χ3n) is 8.34. The van der Waals surface area contributed by atoms with Crippen molar-refractivity contribution in [2.24, 2.45) is 0 Å². The Hall–Kier alpha value is -4.45. The molecular formula is C36H37N5O2S. The molecule has 1 fully saturated rings. The molecule has 1 aromatic heterocycles. The molecule has 224 valence electrons. The van der Waals surface area contributed by atoms with Crippen molar-refractivity contribution in [3.63, 3.8) is 0 Å². The largest absolute Gasteiger partial charge is 0.323 e. The minimum absolute atomic E-state index is 0.286. The van der Waals surface area contributed by atoms with Crippen LogP contribution in [0.3, 0.4) is 0 Å². The summed E-state index contributed by atoms with van der Waals surface area (Å²) in [5.41, 5.74) is 5.16. The lowest BCUT2D eigenvalue weighted by Gasteiger charge is -2.29. The fourth-order valence-electron chi connectivity index (χ4n) is 6.01. The molecule has 0 bridgehead atoms. The van der Waals surface area contributed by atoms with Crippen molar-refractivity contribution in [2.75, 3.05) is 30.5 Å². The van der Waals surface area contributed by atoms with Crippen LogP contribution in [-0.4, -0.2) is 49.0 Å². The molecule has 4 aromatic carbocycles. The number of anilines is 1.